The fourth-order valence-electron chi connectivity index (χ4n) is 3.06. The van der Waals surface area contributed by atoms with Crippen molar-refractivity contribution in [2.45, 2.75) is 70.4 Å². The van der Waals surface area contributed by atoms with Gasteiger partial charge in [-0.3, -0.25) is 19.2 Å². The van der Waals surface area contributed by atoms with Crippen molar-refractivity contribution in [3.8, 4) is 0 Å². The minimum Gasteiger partial charge on any atom is -0.460 e. The lowest BCUT2D eigenvalue weighted by molar-refractivity contribution is -0.155. The maximum absolute atomic E-state index is 12.9. The van der Waals surface area contributed by atoms with Crippen LogP contribution in [-0.4, -0.2) is 59.5 Å². The summed E-state index contributed by atoms with van der Waals surface area (Å²) in [7, 11) is -4.31. The zero-order chi connectivity index (χ0) is 23.6. The Hall–Kier alpha value is -2.75. The average Bonchev–Trinajstić information content (AvgIpc) is 2.99. The lowest BCUT2D eigenvalue weighted by Gasteiger charge is -2.27. The van der Waals surface area contributed by atoms with E-state index in [0.29, 0.717) is 0 Å². The van der Waals surface area contributed by atoms with Crippen molar-refractivity contribution in [2.24, 2.45) is 0 Å². The number of ether oxygens (including phenoxy) is 1. The van der Waals surface area contributed by atoms with Crippen LogP contribution in [0.4, 0.5) is 0 Å². The Kier molecular flexibility index (Phi) is 7.25. The zero-order valence-electron chi connectivity index (χ0n) is 18.4. The van der Waals surface area contributed by atoms with Crippen molar-refractivity contribution < 1.29 is 32.3 Å². The van der Waals surface area contributed by atoms with Crippen molar-refractivity contribution in [2.75, 3.05) is 6.54 Å². The molecule has 1 aliphatic heterocycles. The molecule has 0 radical (unpaired) electrons. The highest BCUT2D eigenvalue weighted by Gasteiger charge is 2.39. The van der Waals surface area contributed by atoms with E-state index in [-0.39, 0.29) is 52.5 Å². The molecule has 0 spiro atoms. The van der Waals surface area contributed by atoms with Crippen molar-refractivity contribution in [1.82, 2.24) is 9.21 Å². The van der Waals surface area contributed by atoms with Gasteiger partial charge in [-0.1, -0.05) is 0 Å². The van der Waals surface area contributed by atoms with Gasteiger partial charge in [-0.15, -0.1) is 0 Å². The highest BCUT2D eigenvalue weighted by atomic mass is 32.2. The van der Waals surface area contributed by atoms with Gasteiger partial charge in [0.05, 0.1) is 11.3 Å². The Labute approximate surface area is 182 Å². The molecule has 1 aromatic rings. The Morgan fingerprint density at radius 1 is 1.06 bits per heavy atom. The quantitative estimate of drug-likeness (QED) is 0.459. The summed E-state index contributed by atoms with van der Waals surface area (Å²) in [6.07, 6.45) is -0.266. The van der Waals surface area contributed by atoms with Gasteiger partial charge in [0.25, 0.3) is 15.9 Å². The molecule has 0 unspecified atom stereocenters. The number of nitrogens with zero attached hydrogens (tertiary/aromatic N) is 2. The van der Waals surface area contributed by atoms with Crippen molar-refractivity contribution in [3.63, 3.8) is 0 Å². The van der Waals surface area contributed by atoms with Crippen LogP contribution in [0.1, 0.15) is 64.2 Å². The molecule has 1 fully saturated rings. The molecule has 3 amide bonds. The second-order valence-electron chi connectivity index (χ2n) is 8.51. The fourth-order valence-corrected chi connectivity index (χ4v) is 4.47. The van der Waals surface area contributed by atoms with Crippen LogP contribution in [0.2, 0.25) is 0 Å². The van der Waals surface area contributed by atoms with Crippen LogP contribution in [0.25, 0.3) is 0 Å². The number of hydrogen-bond donors (Lipinski definition) is 0. The summed E-state index contributed by atoms with van der Waals surface area (Å²) in [5.41, 5.74) is -0.403. The van der Waals surface area contributed by atoms with E-state index < -0.39 is 33.4 Å². The molecular formula is C21H28N2O7S. The molecule has 1 aromatic carbocycles. The highest BCUT2D eigenvalue weighted by Crippen LogP contribution is 2.24. The first kappa shape index (κ1) is 24.5. The van der Waals surface area contributed by atoms with E-state index in [1.807, 2.05) is 0 Å². The van der Waals surface area contributed by atoms with Gasteiger partial charge in [0.1, 0.15) is 5.60 Å². The lowest BCUT2D eigenvalue weighted by atomic mass is 10.1. The van der Waals surface area contributed by atoms with E-state index in [2.05, 4.69) is 0 Å². The molecule has 0 N–H and O–H groups in total. The van der Waals surface area contributed by atoms with Gasteiger partial charge in [0.2, 0.25) is 11.8 Å². The lowest BCUT2D eigenvalue weighted by Crippen LogP contribution is -2.39. The Morgan fingerprint density at radius 2 is 1.58 bits per heavy atom. The minimum atomic E-state index is -4.31. The van der Waals surface area contributed by atoms with Crippen LogP contribution in [-0.2, 0) is 29.1 Å². The molecule has 2 rings (SSSR count). The second-order valence-corrected chi connectivity index (χ2v) is 10.3. The van der Waals surface area contributed by atoms with Crippen LogP contribution in [0.3, 0.4) is 0 Å². The second kappa shape index (κ2) is 9.17. The monoisotopic (exact) mass is 452 g/mol. The number of carbonyl (C=O) groups is 4. The maximum Gasteiger partial charge on any atom is 0.308 e. The average molecular weight is 453 g/mol. The molecule has 0 saturated carbocycles. The van der Waals surface area contributed by atoms with Gasteiger partial charge in [-0.05, 0) is 58.9 Å². The van der Waals surface area contributed by atoms with Crippen molar-refractivity contribution >= 4 is 33.7 Å². The van der Waals surface area contributed by atoms with E-state index in [0.717, 1.165) is 0 Å². The highest BCUT2D eigenvalue weighted by molar-refractivity contribution is 7.90. The Balaban J connectivity index is 2.16. The molecular weight excluding hydrogens is 424 g/mol. The Morgan fingerprint density at radius 3 is 2.03 bits per heavy atom. The fraction of sp³-hybridized carbons (Fsp3) is 0.524. The molecule has 170 valence electrons. The van der Waals surface area contributed by atoms with Crippen LogP contribution in [0, 0.1) is 0 Å². The van der Waals surface area contributed by atoms with Crippen molar-refractivity contribution in [1.29, 1.82) is 0 Å². The minimum absolute atomic E-state index is 0.0207. The largest absolute Gasteiger partial charge is 0.460 e. The van der Waals surface area contributed by atoms with Crippen LogP contribution in [0.5, 0.6) is 0 Å². The number of sulfonamides is 1. The summed E-state index contributed by atoms with van der Waals surface area (Å²) in [6.45, 7) is 9.02. The number of rotatable bonds is 7. The molecule has 0 bridgehead atoms. The molecule has 0 aliphatic carbocycles. The summed E-state index contributed by atoms with van der Waals surface area (Å²) in [4.78, 5) is 49.7. The first-order valence-corrected chi connectivity index (χ1v) is 11.4. The molecule has 1 heterocycles. The topological polar surface area (TPSA) is 118 Å². The van der Waals surface area contributed by atoms with E-state index in [9.17, 15) is 27.6 Å². The van der Waals surface area contributed by atoms with Crippen LogP contribution in [0.15, 0.2) is 29.2 Å². The van der Waals surface area contributed by atoms with Crippen molar-refractivity contribution in [3.05, 3.63) is 29.8 Å². The first-order valence-electron chi connectivity index (χ1n) is 9.98. The molecule has 10 heteroatoms. The number of hydrogen-bond acceptors (Lipinski definition) is 7. The molecule has 0 aromatic heterocycles. The van der Waals surface area contributed by atoms with E-state index in [1.54, 1.807) is 34.6 Å². The summed E-state index contributed by atoms with van der Waals surface area (Å²) in [5, 5.41) is 0. The maximum atomic E-state index is 12.9. The summed E-state index contributed by atoms with van der Waals surface area (Å²) >= 11 is 0. The zero-order valence-corrected chi connectivity index (χ0v) is 19.2. The molecule has 9 nitrogen and oxygen atoms in total. The van der Waals surface area contributed by atoms with Crippen LogP contribution < -0.4 is 0 Å². The standard InChI is InChI=1S/C21H28N2O7S/c1-14(2)22(13-12-19(26)30-21(3,4)5)20(27)15-6-8-16(9-7-15)31(28,29)23-17(24)10-11-18(23)25/h6-9,14H,10-13H2,1-5H3. The number of esters is 1. The number of amides is 3. The normalized spacial score (nSPS) is 14.8. The molecule has 31 heavy (non-hydrogen) atoms. The number of carbonyl (C=O) groups excluding carboxylic acids is 4. The van der Waals surface area contributed by atoms with E-state index >= 15 is 0 Å². The van der Waals surface area contributed by atoms with E-state index in [1.165, 1.54) is 29.2 Å². The molecule has 1 saturated heterocycles. The number of imide groups is 1. The third kappa shape index (κ3) is 5.90. The summed E-state index contributed by atoms with van der Waals surface area (Å²) in [5.74, 6) is -2.33. The predicted molar refractivity (Wildman–Crippen MR) is 111 cm³/mol. The van der Waals surface area contributed by atoms with Crippen LogP contribution >= 0.6 is 0 Å². The number of benzene rings is 1. The third-order valence-electron chi connectivity index (χ3n) is 4.51. The van der Waals surface area contributed by atoms with E-state index in [4.69, 9.17) is 4.74 Å². The summed E-state index contributed by atoms with van der Waals surface area (Å²) in [6, 6.07) is 4.81. The SMILES string of the molecule is CC(C)N(CCC(=O)OC(C)(C)C)C(=O)c1ccc(S(=O)(=O)N2C(=O)CCC2=O)cc1. The van der Waals surface area contributed by atoms with Gasteiger partial charge < -0.3 is 9.64 Å². The van der Waals surface area contributed by atoms with Gasteiger partial charge in [0.15, 0.2) is 0 Å². The van der Waals surface area contributed by atoms with Gasteiger partial charge >= 0.3 is 5.97 Å². The van der Waals surface area contributed by atoms with Gasteiger partial charge in [-0.2, -0.15) is 4.31 Å². The molecule has 1 aliphatic rings. The smallest absolute Gasteiger partial charge is 0.308 e. The third-order valence-corrected chi connectivity index (χ3v) is 6.26. The molecule has 0 atom stereocenters. The van der Waals surface area contributed by atoms with Gasteiger partial charge in [0, 0.05) is 31.0 Å². The summed E-state index contributed by atoms with van der Waals surface area (Å²) < 4.78 is 30.8. The first-order chi connectivity index (χ1) is 14.2. The Bertz CT molecular complexity index is 960. The predicted octanol–water partition coefficient (Wildman–Crippen LogP) is 2.11. The van der Waals surface area contributed by atoms with Gasteiger partial charge in [-0.25, -0.2) is 8.42 Å².